The van der Waals surface area contributed by atoms with Gasteiger partial charge in [0.15, 0.2) is 0 Å². The molecule has 1 aliphatic carbocycles. The average Bonchev–Trinajstić information content (AvgIpc) is 2.05. The molecule has 1 fully saturated rings. The molecular formula is C13H22O4. The lowest BCUT2D eigenvalue weighted by Crippen LogP contribution is -2.29. The fraction of sp³-hybridized carbons (Fsp3) is 0.846. The van der Waals surface area contributed by atoms with E-state index in [4.69, 9.17) is 9.84 Å². The van der Waals surface area contributed by atoms with Crippen molar-refractivity contribution in [3.63, 3.8) is 0 Å². The second kappa shape index (κ2) is 5.52. The summed E-state index contributed by atoms with van der Waals surface area (Å²) in [6, 6.07) is 0. The number of rotatable bonds is 5. The van der Waals surface area contributed by atoms with Crippen LogP contribution in [0.1, 0.15) is 52.9 Å². The van der Waals surface area contributed by atoms with Gasteiger partial charge in [0.25, 0.3) is 0 Å². The van der Waals surface area contributed by atoms with Crippen LogP contribution in [0.3, 0.4) is 0 Å². The smallest absolute Gasteiger partial charge is 0.307 e. The van der Waals surface area contributed by atoms with Crippen molar-refractivity contribution in [3.8, 4) is 0 Å². The number of hydrogen-bond acceptors (Lipinski definition) is 3. The SMILES string of the molecule is CC(C)(C)OC(=O)CC(CC1CCC1)C(=O)O. The first-order valence-electron chi connectivity index (χ1n) is 6.22. The maximum Gasteiger partial charge on any atom is 0.307 e. The summed E-state index contributed by atoms with van der Waals surface area (Å²) in [5.74, 6) is -1.40. The molecule has 1 aliphatic rings. The molecule has 0 aromatic rings. The summed E-state index contributed by atoms with van der Waals surface area (Å²) in [7, 11) is 0. The highest BCUT2D eigenvalue weighted by Crippen LogP contribution is 2.33. The molecule has 1 unspecified atom stereocenters. The Morgan fingerprint density at radius 2 is 1.94 bits per heavy atom. The van der Waals surface area contributed by atoms with Gasteiger partial charge in [0, 0.05) is 0 Å². The van der Waals surface area contributed by atoms with E-state index in [0.29, 0.717) is 12.3 Å². The predicted octanol–water partition coefficient (Wildman–Crippen LogP) is 2.61. The minimum Gasteiger partial charge on any atom is -0.481 e. The lowest BCUT2D eigenvalue weighted by Gasteiger charge is -2.28. The Kier molecular flexibility index (Phi) is 4.54. The Labute approximate surface area is 102 Å². The molecule has 0 spiro atoms. The van der Waals surface area contributed by atoms with Crippen LogP contribution >= 0.6 is 0 Å². The number of carboxylic acids is 1. The maximum absolute atomic E-state index is 11.6. The summed E-state index contributed by atoms with van der Waals surface area (Å²) in [5.41, 5.74) is -0.545. The summed E-state index contributed by atoms with van der Waals surface area (Å²) in [4.78, 5) is 22.6. The van der Waals surface area contributed by atoms with E-state index in [-0.39, 0.29) is 6.42 Å². The monoisotopic (exact) mass is 242 g/mol. The van der Waals surface area contributed by atoms with Crippen LogP contribution in [0.2, 0.25) is 0 Å². The summed E-state index contributed by atoms with van der Waals surface area (Å²) in [6.45, 7) is 5.35. The molecule has 1 N–H and O–H groups in total. The number of carboxylic acid groups (broad SMARTS) is 1. The molecule has 0 aliphatic heterocycles. The van der Waals surface area contributed by atoms with Gasteiger partial charge in [-0.25, -0.2) is 0 Å². The summed E-state index contributed by atoms with van der Waals surface area (Å²) >= 11 is 0. The zero-order chi connectivity index (χ0) is 13.1. The van der Waals surface area contributed by atoms with Crippen LogP contribution in [0.15, 0.2) is 0 Å². The highest BCUT2D eigenvalue weighted by molar-refractivity contribution is 5.78. The van der Waals surface area contributed by atoms with Crippen molar-refractivity contribution in [1.82, 2.24) is 0 Å². The lowest BCUT2D eigenvalue weighted by atomic mass is 9.78. The molecule has 98 valence electrons. The number of hydrogen-bond donors (Lipinski definition) is 1. The summed E-state index contributed by atoms with van der Waals surface area (Å²) in [6.07, 6.45) is 3.97. The van der Waals surface area contributed by atoms with Gasteiger partial charge in [0.2, 0.25) is 0 Å². The van der Waals surface area contributed by atoms with E-state index in [1.807, 2.05) is 0 Å². The Morgan fingerprint density at radius 3 is 2.29 bits per heavy atom. The maximum atomic E-state index is 11.6. The third-order valence-corrected chi connectivity index (χ3v) is 3.02. The molecule has 0 amide bonds. The number of aliphatic carboxylic acids is 1. The van der Waals surface area contributed by atoms with Crippen LogP contribution in [0.5, 0.6) is 0 Å². The zero-order valence-corrected chi connectivity index (χ0v) is 10.9. The van der Waals surface area contributed by atoms with Crippen molar-refractivity contribution < 1.29 is 19.4 Å². The average molecular weight is 242 g/mol. The van der Waals surface area contributed by atoms with Crippen molar-refractivity contribution in [1.29, 1.82) is 0 Å². The first-order chi connectivity index (χ1) is 7.78. The van der Waals surface area contributed by atoms with Gasteiger partial charge < -0.3 is 9.84 Å². The standard InChI is InChI=1S/C13H22O4/c1-13(2,3)17-11(14)8-10(12(15)16)7-9-5-4-6-9/h9-10H,4-8H2,1-3H3,(H,15,16). The Bertz CT molecular complexity index is 286. The van der Waals surface area contributed by atoms with Gasteiger partial charge in [-0.1, -0.05) is 19.3 Å². The van der Waals surface area contributed by atoms with Crippen LogP contribution in [0, 0.1) is 11.8 Å². The molecule has 0 saturated heterocycles. The third-order valence-electron chi connectivity index (χ3n) is 3.02. The Hall–Kier alpha value is -1.06. The van der Waals surface area contributed by atoms with E-state index < -0.39 is 23.5 Å². The van der Waals surface area contributed by atoms with Crippen molar-refractivity contribution in [2.75, 3.05) is 0 Å². The molecule has 4 heteroatoms. The highest BCUT2D eigenvalue weighted by atomic mass is 16.6. The fourth-order valence-corrected chi connectivity index (χ4v) is 1.99. The van der Waals surface area contributed by atoms with Gasteiger partial charge in [0.1, 0.15) is 5.60 Å². The van der Waals surface area contributed by atoms with E-state index in [1.165, 1.54) is 6.42 Å². The Balaban J connectivity index is 2.42. The van der Waals surface area contributed by atoms with Crippen LogP contribution in [0.25, 0.3) is 0 Å². The number of esters is 1. The highest BCUT2D eigenvalue weighted by Gasteiger charge is 2.29. The molecule has 4 nitrogen and oxygen atoms in total. The van der Waals surface area contributed by atoms with E-state index in [1.54, 1.807) is 20.8 Å². The Morgan fingerprint density at radius 1 is 1.35 bits per heavy atom. The first-order valence-corrected chi connectivity index (χ1v) is 6.22. The largest absolute Gasteiger partial charge is 0.481 e. The second-order valence-electron chi connectivity index (χ2n) is 5.86. The lowest BCUT2D eigenvalue weighted by molar-refractivity contribution is -0.160. The fourth-order valence-electron chi connectivity index (χ4n) is 1.99. The number of ether oxygens (including phenoxy) is 1. The number of carbonyl (C=O) groups is 2. The zero-order valence-electron chi connectivity index (χ0n) is 10.9. The van der Waals surface area contributed by atoms with Gasteiger partial charge in [-0.05, 0) is 33.1 Å². The molecule has 1 atom stereocenters. The van der Waals surface area contributed by atoms with Gasteiger partial charge in [0.05, 0.1) is 12.3 Å². The molecule has 0 radical (unpaired) electrons. The van der Waals surface area contributed by atoms with Crippen molar-refractivity contribution in [2.45, 2.75) is 58.5 Å². The molecule has 0 aromatic carbocycles. The molecule has 1 rings (SSSR count). The summed E-state index contributed by atoms with van der Waals surface area (Å²) in [5, 5.41) is 9.08. The molecular weight excluding hydrogens is 220 g/mol. The molecule has 17 heavy (non-hydrogen) atoms. The second-order valence-corrected chi connectivity index (χ2v) is 5.86. The minimum absolute atomic E-state index is 0.0108. The van der Waals surface area contributed by atoms with E-state index in [2.05, 4.69) is 0 Å². The normalized spacial score (nSPS) is 18.3. The third kappa shape index (κ3) is 5.20. The van der Waals surface area contributed by atoms with Gasteiger partial charge >= 0.3 is 11.9 Å². The summed E-state index contributed by atoms with van der Waals surface area (Å²) < 4.78 is 5.15. The quantitative estimate of drug-likeness (QED) is 0.753. The van der Waals surface area contributed by atoms with E-state index in [0.717, 1.165) is 12.8 Å². The van der Waals surface area contributed by atoms with Crippen molar-refractivity contribution in [3.05, 3.63) is 0 Å². The van der Waals surface area contributed by atoms with E-state index in [9.17, 15) is 9.59 Å². The predicted molar refractivity (Wildman–Crippen MR) is 63.5 cm³/mol. The molecule has 0 bridgehead atoms. The van der Waals surface area contributed by atoms with Crippen LogP contribution in [-0.4, -0.2) is 22.6 Å². The van der Waals surface area contributed by atoms with E-state index >= 15 is 0 Å². The van der Waals surface area contributed by atoms with Gasteiger partial charge in [-0.15, -0.1) is 0 Å². The first kappa shape index (κ1) is 14.0. The van der Waals surface area contributed by atoms with Gasteiger partial charge in [-0.3, -0.25) is 9.59 Å². The van der Waals surface area contributed by atoms with Crippen LogP contribution in [-0.2, 0) is 14.3 Å². The van der Waals surface area contributed by atoms with Crippen LogP contribution < -0.4 is 0 Å². The molecule has 0 heterocycles. The van der Waals surface area contributed by atoms with Crippen LogP contribution in [0.4, 0.5) is 0 Å². The minimum atomic E-state index is -0.886. The molecule has 1 saturated carbocycles. The molecule has 0 aromatic heterocycles. The van der Waals surface area contributed by atoms with Crippen molar-refractivity contribution >= 4 is 11.9 Å². The van der Waals surface area contributed by atoms with Gasteiger partial charge in [-0.2, -0.15) is 0 Å². The van der Waals surface area contributed by atoms with Crippen molar-refractivity contribution in [2.24, 2.45) is 11.8 Å². The topological polar surface area (TPSA) is 63.6 Å². The number of carbonyl (C=O) groups excluding carboxylic acids is 1.